The molecule has 0 saturated carbocycles. The summed E-state index contributed by atoms with van der Waals surface area (Å²) in [5.74, 6) is 0.0787. The maximum absolute atomic E-state index is 12.7. The van der Waals surface area contributed by atoms with Gasteiger partial charge in [0.05, 0.1) is 24.2 Å². The van der Waals surface area contributed by atoms with Crippen LogP contribution in [-0.4, -0.2) is 27.1 Å². The quantitative estimate of drug-likeness (QED) is 0.796. The Hall–Kier alpha value is -2.60. The second-order valence-electron chi connectivity index (χ2n) is 5.87. The Kier molecular flexibility index (Phi) is 3.82. The third-order valence-electron chi connectivity index (χ3n) is 4.33. The van der Waals surface area contributed by atoms with Crippen LogP contribution >= 0.6 is 11.3 Å². The second-order valence-corrected chi connectivity index (χ2v) is 6.90. The van der Waals surface area contributed by atoms with Gasteiger partial charge in [0.15, 0.2) is 0 Å². The van der Waals surface area contributed by atoms with Crippen molar-refractivity contribution in [3.05, 3.63) is 74.3 Å². The zero-order valence-corrected chi connectivity index (χ0v) is 13.9. The van der Waals surface area contributed by atoms with Crippen LogP contribution in [0.4, 0.5) is 0 Å². The highest BCUT2D eigenvalue weighted by atomic mass is 32.1. The monoisotopic (exact) mass is 339 g/mol. The zero-order valence-electron chi connectivity index (χ0n) is 13.1. The molecule has 0 bridgehead atoms. The summed E-state index contributed by atoms with van der Waals surface area (Å²) < 4.78 is 1.57. The van der Waals surface area contributed by atoms with Crippen molar-refractivity contribution in [3.63, 3.8) is 0 Å². The van der Waals surface area contributed by atoms with Crippen LogP contribution in [-0.2, 0) is 24.2 Å². The number of nitrogens with zero attached hydrogens (tertiary/aromatic N) is 2. The molecular weight excluding hydrogens is 322 g/mol. The highest BCUT2D eigenvalue weighted by molar-refractivity contribution is 7.10. The third-order valence-corrected chi connectivity index (χ3v) is 5.20. The van der Waals surface area contributed by atoms with E-state index in [0.717, 1.165) is 16.3 Å². The van der Waals surface area contributed by atoms with Crippen LogP contribution in [0.3, 0.4) is 0 Å². The lowest BCUT2D eigenvalue weighted by Gasteiger charge is -2.26. The first-order valence-electron chi connectivity index (χ1n) is 7.91. The average Bonchev–Trinajstić information content (AvgIpc) is 3.23. The number of H-pyrrole nitrogens is 1. The van der Waals surface area contributed by atoms with E-state index >= 15 is 0 Å². The summed E-state index contributed by atoms with van der Waals surface area (Å²) in [6.07, 6.45) is 1.09. The molecular formula is C18H17N3O2S. The number of nitrogens with one attached hydrogen (secondary N) is 1. The molecule has 1 N–H and O–H groups in total. The van der Waals surface area contributed by atoms with Gasteiger partial charge in [0.2, 0.25) is 5.91 Å². The van der Waals surface area contributed by atoms with Crippen molar-refractivity contribution in [2.24, 2.45) is 0 Å². The number of aromatic amines is 1. The number of hydrogen-bond acceptors (Lipinski definition) is 3. The molecule has 1 aliphatic heterocycles. The fourth-order valence-corrected chi connectivity index (χ4v) is 3.75. The molecule has 0 atom stereocenters. The van der Waals surface area contributed by atoms with E-state index in [2.05, 4.69) is 5.10 Å². The molecule has 5 nitrogen and oxygen atoms in total. The molecule has 122 valence electrons. The molecule has 6 heteroatoms. The molecule has 0 spiro atoms. The van der Waals surface area contributed by atoms with Crippen molar-refractivity contribution in [2.45, 2.75) is 19.4 Å². The summed E-state index contributed by atoms with van der Waals surface area (Å²) in [6, 6.07) is 13.4. The topological polar surface area (TPSA) is 58.1 Å². The second kappa shape index (κ2) is 6.13. The molecule has 2 aromatic heterocycles. The minimum atomic E-state index is -0.0650. The molecule has 0 radical (unpaired) electrons. The number of rotatable bonds is 3. The van der Waals surface area contributed by atoms with E-state index in [0.29, 0.717) is 31.5 Å². The fraction of sp³-hybridized carbons (Fsp3) is 0.222. The first-order chi connectivity index (χ1) is 11.7. The van der Waals surface area contributed by atoms with Crippen LogP contribution in [0, 0.1) is 0 Å². The van der Waals surface area contributed by atoms with Crippen molar-refractivity contribution < 1.29 is 4.79 Å². The highest BCUT2D eigenvalue weighted by Crippen LogP contribution is 2.18. The Balaban J connectivity index is 1.58. The van der Waals surface area contributed by atoms with E-state index in [1.807, 2.05) is 47.8 Å². The van der Waals surface area contributed by atoms with Gasteiger partial charge in [-0.1, -0.05) is 24.3 Å². The Labute approximate surface area is 143 Å². The van der Waals surface area contributed by atoms with Crippen molar-refractivity contribution in [3.8, 4) is 5.69 Å². The maximum Gasteiger partial charge on any atom is 0.276 e. The van der Waals surface area contributed by atoms with E-state index in [4.69, 9.17) is 0 Å². The number of thiophene rings is 1. The number of aromatic nitrogens is 2. The molecule has 1 aliphatic rings. The van der Waals surface area contributed by atoms with Gasteiger partial charge in [0.1, 0.15) is 0 Å². The predicted octanol–water partition coefficient (Wildman–Crippen LogP) is 2.35. The number of para-hydroxylation sites is 1. The molecule has 0 aliphatic carbocycles. The lowest BCUT2D eigenvalue weighted by atomic mass is 10.1. The number of amides is 1. The first kappa shape index (κ1) is 15.0. The Morgan fingerprint density at radius 3 is 2.75 bits per heavy atom. The molecule has 1 aromatic carbocycles. The van der Waals surface area contributed by atoms with E-state index in [9.17, 15) is 9.59 Å². The van der Waals surface area contributed by atoms with Crippen molar-refractivity contribution >= 4 is 17.2 Å². The molecule has 24 heavy (non-hydrogen) atoms. The number of benzene rings is 1. The lowest BCUT2D eigenvalue weighted by Crippen LogP contribution is -2.38. The van der Waals surface area contributed by atoms with Gasteiger partial charge in [0.25, 0.3) is 5.56 Å². The summed E-state index contributed by atoms with van der Waals surface area (Å²) in [4.78, 5) is 28.0. The molecule has 0 unspecified atom stereocenters. The summed E-state index contributed by atoms with van der Waals surface area (Å²) in [7, 11) is 0. The molecule has 3 aromatic rings. The smallest absolute Gasteiger partial charge is 0.276 e. The van der Waals surface area contributed by atoms with Crippen LogP contribution in [0.15, 0.2) is 52.6 Å². The Morgan fingerprint density at radius 2 is 2.00 bits per heavy atom. The Morgan fingerprint density at radius 1 is 1.17 bits per heavy atom. The van der Waals surface area contributed by atoms with Gasteiger partial charge < -0.3 is 4.90 Å². The summed E-state index contributed by atoms with van der Waals surface area (Å²) in [5.41, 5.74) is 2.38. The lowest BCUT2D eigenvalue weighted by molar-refractivity contribution is -0.131. The maximum atomic E-state index is 12.7. The molecule has 3 heterocycles. The van der Waals surface area contributed by atoms with Gasteiger partial charge in [-0.2, -0.15) is 0 Å². The molecule has 0 fully saturated rings. The largest absolute Gasteiger partial charge is 0.337 e. The fourth-order valence-electron chi connectivity index (χ4n) is 3.05. The van der Waals surface area contributed by atoms with Crippen molar-refractivity contribution in [1.29, 1.82) is 0 Å². The molecule has 1 amide bonds. The summed E-state index contributed by atoms with van der Waals surface area (Å²) >= 11 is 1.59. The van der Waals surface area contributed by atoms with Crippen LogP contribution in [0.25, 0.3) is 5.69 Å². The number of carbonyl (C=O) groups excluding carboxylic acids is 1. The van der Waals surface area contributed by atoms with Crippen LogP contribution in [0.2, 0.25) is 0 Å². The van der Waals surface area contributed by atoms with Gasteiger partial charge in [-0.15, -0.1) is 11.3 Å². The predicted molar refractivity (Wildman–Crippen MR) is 93.5 cm³/mol. The van der Waals surface area contributed by atoms with Crippen LogP contribution in [0.1, 0.15) is 16.1 Å². The SMILES string of the molecule is O=C(Cc1cccs1)N1CCc2[nH]n(-c3ccccc3)c(=O)c2C1. The van der Waals surface area contributed by atoms with Gasteiger partial charge in [-0.3, -0.25) is 14.7 Å². The van der Waals surface area contributed by atoms with E-state index in [1.165, 1.54) is 0 Å². The van der Waals surface area contributed by atoms with E-state index in [-0.39, 0.29) is 11.5 Å². The third kappa shape index (κ3) is 2.69. The van der Waals surface area contributed by atoms with E-state index in [1.54, 1.807) is 20.9 Å². The first-order valence-corrected chi connectivity index (χ1v) is 8.78. The van der Waals surface area contributed by atoms with Gasteiger partial charge in [0, 0.05) is 23.5 Å². The van der Waals surface area contributed by atoms with Crippen molar-refractivity contribution in [1.82, 2.24) is 14.7 Å². The van der Waals surface area contributed by atoms with Crippen molar-refractivity contribution in [2.75, 3.05) is 6.54 Å². The normalized spacial score (nSPS) is 13.8. The summed E-state index contributed by atoms with van der Waals surface area (Å²) in [5, 5.41) is 5.17. The minimum Gasteiger partial charge on any atom is -0.337 e. The summed E-state index contributed by atoms with van der Waals surface area (Å²) in [6.45, 7) is 1.03. The van der Waals surface area contributed by atoms with Gasteiger partial charge in [-0.25, -0.2) is 4.68 Å². The minimum absolute atomic E-state index is 0.0650. The Bertz CT molecular complexity index is 910. The molecule has 4 rings (SSSR count). The van der Waals surface area contributed by atoms with Crippen LogP contribution in [0.5, 0.6) is 0 Å². The van der Waals surface area contributed by atoms with E-state index < -0.39 is 0 Å². The average molecular weight is 339 g/mol. The standard InChI is InChI=1S/C18H17N3O2S/c22-17(11-14-7-4-10-24-14)20-9-8-16-15(12-20)18(23)21(19-16)13-5-2-1-3-6-13/h1-7,10,19H,8-9,11-12H2. The highest BCUT2D eigenvalue weighted by Gasteiger charge is 2.26. The van der Waals surface area contributed by atoms with Crippen LogP contribution < -0.4 is 5.56 Å². The number of hydrogen-bond donors (Lipinski definition) is 1. The van der Waals surface area contributed by atoms with Gasteiger partial charge >= 0.3 is 0 Å². The zero-order chi connectivity index (χ0) is 16.5. The number of fused-ring (bicyclic) bond motifs is 1. The van der Waals surface area contributed by atoms with Gasteiger partial charge in [-0.05, 0) is 23.6 Å². The number of carbonyl (C=O) groups is 1. The molecule has 0 saturated heterocycles.